The minimum absolute atomic E-state index is 0. The Morgan fingerprint density at radius 2 is 1.95 bits per heavy atom. The van der Waals surface area contributed by atoms with E-state index in [4.69, 9.17) is 10.5 Å². The lowest BCUT2D eigenvalue weighted by molar-refractivity contribution is -0.125. The van der Waals surface area contributed by atoms with Crippen molar-refractivity contribution >= 4 is 24.2 Å². The highest BCUT2D eigenvalue weighted by Gasteiger charge is 2.07. The molecule has 1 aromatic rings. The fraction of sp³-hybridized carbons (Fsp3) is 0.429. The molecule has 1 rings (SSSR count). The van der Waals surface area contributed by atoms with E-state index in [1.54, 1.807) is 0 Å². The molecule has 0 bridgehead atoms. The molecule has 0 heterocycles. The molecule has 6 nitrogen and oxygen atoms in total. The van der Waals surface area contributed by atoms with Gasteiger partial charge in [-0.1, -0.05) is 12.1 Å². The second-order valence-electron chi connectivity index (χ2n) is 4.30. The van der Waals surface area contributed by atoms with Crippen LogP contribution in [-0.2, 0) is 16.1 Å². The third kappa shape index (κ3) is 6.97. The van der Waals surface area contributed by atoms with Crippen LogP contribution in [0.25, 0.3) is 0 Å². The van der Waals surface area contributed by atoms with Gasteiger partial charge >= 0.3 is 0 Å². The second-order valence-corrected chi connectivity index (χ2v) is 4.30. The molecule has 21 heavy (non-hydrogen) atoms. The van der Waals surface area contributed by atoms with Crippen molar-refractivity contribution in [1.82, 2.24) is 10.6 Å². The van der Waals surface area contributed by atoms with Crippen LogP contribution in [0, 0.1) is 6.92 Å². The normalized spacial score (nSPS) is 9.48. The maximum Gasteiger partial charge on any atom is 0.239 e. The van der Waals surface area contributed by atoms with Crippen LogP contribution in [0.1, 0.15) is 18.1 Å². The lowest BCUT2D eigenvalue weighted by Gasteiger charge is -2.12. The van der Waals surface area contributed by atoms with Crippen molar-refractivity contribution in [3.63, 3.8) is 0 Å². The third-order valence-corrected chi connectivity index (χ3v) is 2.63. The zero-order valence-corrected chi connectivity index (χ0v) is 13.1. The van der Waals surface area contributed by atoms with Gasteiger partial charge in [-0.05, 0) is 25.5 Å². The van der Waals surface area contributed by atoms with E-state index in [1.807, 2.05) is 32.0 Å². The summed E-state index contributed by atoms with van der Waals surface area (Å²) in [7, 11) is 0. The molecule has 118 valence electrons. The van der Waals surface area contributed by atoms with Crippen LogP contribution in [0.5, 0.6) is 5.75 Å². The number of nitrogens with two attached hydrogens (primary N) is 1. The molecule has 0 saturated carbocycles. The maximum absolute atomic E-state index is 11.6. The van der Waals surface area contributed by atoms with Gasteiger partial charge in [-0.2, -0.15) is 0 Å². The second kappa shape index (κ2) is 10.0. The van der Waals surface area contributed by atoms with Crippen LogP contribution in [0.3, 0.4) is 0 Å². The van der Waals surface area contributed by atoms with Crippen molar-refractivity contribution in [2.45, 2.75) is 20.4 Å². The minimum Gasteiger partial charge on any atom is -0.494 e. The van der Waals surface area contributed by atoms with E-state index in [2.05, 4.69) is 10.6 Å². The van der Waals surface area contributed by atoms with Crippen LogP contribution in [0.15, 0.2) is 18.2 Å². The molecule has 7 heteroatoms. The molecule has 2 amide bonds. The highest BCUT2D eigenvalue weighted by Crippen LogP contribution is 2.20. The van der Waals surface area contributed by atoms with Crippen LogP contribution in [0.2, 0.25) is 0 Å². The van der Waals surface area contributed by atoms with Gasteiger partial charge in [0, 0.05) is 12.1 Å². The van der Waals surface area contributed by atoms with Crippen LogP contribution < -0.4 is 21.1 Å². The predicted octanol–water partition coefficient (Wildman–Crippen LogP) is 0.507. The largest absolute Gasteiger partial charge is 0.494 e. The quantitative estimate of drug-likeness (QED) is 0.683. The minimum atomic E-state index is -0.356. The number of hydrogen-bond donors (Lipinski definition) is 3. The molecule has 0 aliphatic carbocycles. The summed E-state index contributed by atoms with van der Waals surface area (Å²) in [5, 5.41) is 5.13. The number of carbonyl (C=O) groups is 2. The summed E-state index contributed by atoms with van der Waals surface area (Å²) in [5.74, 6) is 0.138. The van der Waals surface area contributed by atoms with Gasteiger partial charge in [-0.15, -0.1) is 12.4 Å². The number of hydrogen-bond acceptors (Lipinski definition) is 4. The molecule has 0 aliphatic heterocycles. The molecule has 0 radical (unpaired) electrons. The SMILES string of the molecule is CCOc1cc(C)ccc1CNC(=O)CNC(=O)CN.Cl. The fourth-order valence-corrected chi connectivity index (χ4v) is 1.61. The number of carbonyl (C=O) groups excluding carboxylic acids is 2. The van der Waals surface area contributed by atoms with Crippen molar-refractivity contribution in [3.8, 4) is 5.75 Å². The van der Waals surface area contributed by atoms with Gasteiger partial charge in [0.2, 0.25) is 11.8 Å². The molecule has 0 fully saturated rings. The molecule has 0 spiro atoms. The Hall–Kier alpha value is -1.79. The van der Waals surface area contributed by atoms with Crippen LogP contribution in [-0.4, -0.2) is 31.5 Å². The third-order valence-electron chi connectivity index (χ3n) is 2.63. The van der Waals surface area contributed by atoms with Gasteiger partial charge < -0.3 is 21.1 Å². The molecule has 1 aromatic carbocycles. The van der Waals surface area contributed by atoms with Gasteiger partial charge in [-0.3, -0.25) is 9.59 Å². The Balaban J connectivity index is 0.00000400. The smallest absolute Gasteiger partial charge is 0.239 e. The average molecular weight is 316 g/mol. The average Bonchev–Trinajstić information content (AvgIpc) is 2.44. The molecule has 0 saturated heterocycles. The van der Waals surface area contributed by atoms with Gasteiger partial charge in [0.05, 0.1) is 19.7 Å². The summed E-state index contributed by atoms with van der Waals surface area (Å²) >= 11 is 0. The van der Waals surface area contributed by atoms with E-state index in [0.29, 0.717) is 13.2 Å². The predicted molar refractivity (Wildman–Crippen MR) is 83.5 cm³/mol. The number of aryl methyl sites for hydroxylation is 1. The van der Waals surface area contributed by atoms with Crippen molar-refractivity contribution < 1.29 is 14.3 Å². The Morgan fingerprint density at radius 1 is 1.24 bits per heavy atom. The summed E-state index contributed by atoms with van der Waals surface area (Å²) < 4.78 is 5.53. The number of rotatable bonds is 7. The van der Waals surface area contributed by atoms with E-state index < -0.39 is 0 Å². The molecule has 4 N–H and O–H groups in total. The van der Waals surface area contributed by atoms with E-state index in [0.717, 1.165) is 16.9 Å². The summed E-state index contributed by atoms with van der Waals surface area (Å²) in [6, 6.07) is 5.81. The first-order valence-corrected chi connectivity index (χ1v) is 6.52. The highest BCUT2D eigenvalue weighted by atomic mass is 35.5. The van der Waals surface area contributed by atoms with Gasteiger partial charge in [-0.25, -0.2) is 0 Å². The summed E-state index contributed by atoms with van der Waals surface area (Å²) in [5.41, 5.74) is 7.13. The van der Waals surface area contributed by atoms with Gasteiger partial charge in [0.15, 0.2) is 0 Å². The maximum atomic E-state index is 11.6. The number of benzene rings is 1. The number of amides is 2. The lowest BCUT2D eigenvalue weighted by Crippen LogP contribution is -2.39. The monoisotopic (exact) mass is 315 g/mol. The molecule has 0 unspecified atom stereocenters. The Morgan fingerprint density at radius 3 is 2.57 bits per heavy atom. The summed E-state index contributed by atoms with van der Waals surface area (Å²) in [4.78, 5) is 22.5. The fourth-order valence-electron chi connectivity index (χ4n) is 1.61. The topological polar surface area (TPSA) is 93.5 Å². The molecule has 0 aliphatic rings. The molecular weight excluding hydrogens is 294 g/mol. The zero-order chi connectivity index (χ0) is 15.0. The van der Waals surface area contributed by atoms with Crippen LogP contribution in [0.4, 0.5) is 0 Å². The Bertz CT molecular complexity index is 481. The zero-order valence-electron chi connectivity index (χ0n) is 12.3. The molecular formula is C14H22ClN3O3. The van der Waals surface area contributed by atoms with Crippen molar-refractivity contribution in [2.24, 2.45) is 5.73 Å². The standard InChI is InChI=1S/C14H21N3O3.ClH/c1-3-20-12-6-10(2)4-5-11(12)8-16-14(19)9-17-13(18)7-15;/h4-6H,3,7-9,15H2,1-2H3,(H,16,19)(H,17,18);1H. The van der Waals surface area contributed by atoms with Crippen molar-refractivity contribution in [2.75, 3.05) is 19.7 Å². The van der Waals surface area contributed by atoms with Crippen molar-refractivity contribution in [1.29, 1.82) is 0 Å². The highest BCUT2D eigenvalue weighted by molar-refractivity contribution is 5.85. The van der Waals surface area contributed by atoms with E-state index in [9.17, 15) is 9.59 Å². The van der Waals surface area contributed by atoms with E-state index in [1.165, 1.54) is 0 Å². The summed E-state index contributed by atoms with van der Waals surface area (Å²) in [6.45, 7) is 4.61. The molecule has 0 aromatic heterocycles. The number of ether oxygens (including phenoxy) is 1. The first-order valence-electron chi connectivity index (χ1n) is 6.52. The summed E-state index contributed by atoms with van der Waals surface area (Å²) in [6.07, 6.45) is 0. The van der Waals surface area contributed by atoms with Gasteiger partial charge in [0.25, 0.3) is 0 Å². The first-order chi connectivity index (χ1) is 9.56. The van der Waals surface area contributed by atoms with Crippen molar-refractivity contribution in [3.05, 3.63) is 29.3 Å². The first kappa shape index (κ1) is 19.2. The van der Waals surface area contributed by atoms with Gasteiger partial charge in [0.1, 0.15) is 5.75 Å². The molecule has 0 atom stereocenters. The number of nitrogens with one attached hydrogen (secondary N) is 2. The number of halogens is 1. The Kier molecular flexibility index (Phi) is 9.16. The van der Waals surface area contributed by atoms with E-state index in [-0.39, 0.29) is 37.3 Å². The Labute approximate surface area is 130 Å². The van der Waals surface area contributed by atoms with E-state index >= 15 is 0 Å². The lowest BCUT2D eigenvalue weighted by atomic mass is 10.1. The van der Waals surface area contributed by atoms with Crippen LogP contribution >= 0.6 is 12.4 Å².